The first-order valence-electron chi connectivity index (χ1n) is 8.42. The molecule has 1 aromatic carbocycles. The van der Waals surface area contributed by atoms with Gasteiger partial charge in [0, 0.05) is 35.8 Å². The third kappa shape index (κ3) is 4.12. The first kappa shape index (κ1) is 16.9. The smallest absolute Gasteiger partial charge is 0.225 e. The molecule has 0 spiro atoms. The Morgan fingerprint density at radius 2 is 1.60 bits per heavy atom. The van der Waals surface area contributed by atoms with E-state index in [1.54, 1.807) is 12.4 Å². The lowest BCUT2D eigenvalue weighted by atomic mass is 10.1. The van der Waals surface area contributed by atoms with Crippen molar-refractivity contribution < 1.29 is 0 Å². The Morgan fingerprint density at radius 1 is 0.920 bits per heavy atom. The van der Waals surface area contributed by atoms with Crippen molar-refractivity contribution >= 4 is 17.5 Å². The molecular formula is C20H23N5. The minimum Gasteiger partial charge on any atom is -0.352 e. The van der Waals surface area contributed by atoms with E-state index in [2.05, 4.69) is 71.5 Å². The lowest BCUT2D eigenvalue weighted by molar-refractivity contribution is 0.876. The molecule has 3 aromatic rings. The van der Waals surface area contributed by atoms with Crippen LogP contribution in [0.1, 0.15) is 25.0 Å². The third-order valence-electron chi connectivity index (χ3n) is 3.85. The average Bonchev–Trinajstić information content (AvgIpc) is 2.58. The van der Waals surface area contributed by atoms with Crippen molar-refractivity contribution in [2.75, 3.05) is 10.6 Å². The highest BCUT2D eigenvalue weighted by Gasteiger charge is 2.10. The van der Waals surface area contributed by atoms with Crippen LogP contribution in [0.5, 0.6) is 0 Å². The van der Waals surface area contributed by atoms with Gasteiger partial charge >= 0.3 is 0 Å². The monoisotopic (exact) mass is 333 g/mol. The van der Waals surface area contributed by atoms with Gasteiger partial charge in [-0.25, -0.2) is 4.98 Å². The van der Waals surface area contributed by atoms with E-state index in [-0.39, 0.29) is 6.04 Å². The van der Waals surface area contributed by atoms with Gasteiger partial charge in [-0.15, -0.1) is 0 Å². The van der Waals surface area contributed by atoms with Crippen LogP contribution < -0.4 is 10.6 Å². The molecule has 25 heavy (non-hydrogen) atoms. The van der Waals surface area contributed by atoms with E-state index in [1.807, 2.05) is 18.2 Å². The molecule has 0 unspecified atom stereocenters. The Bertz CT molecular complexity index is 839. The van der Waals surface area contributed by atoms with Gasteiger partial charge in [0.05, 0.1) is 5.69 Å². The molecule has 0 atom stereocenters. The highest BCUT2D eigenvalue weighted by atomic mass is 15.2. The third-order valence-corrected chi connectivity index (χ3v) is 3.85. The SMILES string of the molecule is Cc1cccc(C)c1Nc1cc(-c2ccncc2)nc(NC(C)C)n1. The number of para-hydroxylation sites is 1. The summed E-state index contributed by atoms with van der Waals surface area (Å²) in [6.45, 7) is 8.32. The van der Waals surface area contributed by atoms with Crippen LogP contribution in [-0.4, -0.2) is 21.0 Å². The van der Waals surface area contributed by atoms with Gasteiger partial charge < -0.3 is 10.6 Å². The summed E-state index contributed by atoms with van der Waals surface area (Å²) in [6, 6.07) is 12.4. The molecule has 0 radical (unpaired) electrons. The van der Waals surface area contributed by atoms with E-state index in [0.717, 1.165) is 22.8 Å². The molecule has 5 heteroatoms. The summed E-state index contributed by atoms with van der Waals surface area (Å²) >= 11 is 0. The molecule has 0 fully saturated rings. The lowest BCUT2D eigenvalue weighted by Gasteiger charge is -2.15. The predicted octanol–water partition coefficient (Wildman–Crippen LogP) is 4.72. The number of nitrogens with zero attached hydrogens (tertiary/aromatic N) is 3. The van der Waals surface area contributed by atoms with E-state index < -0.39 is 0 Å². The molecular weight excluding hydrogens is 310 g/mol. The second kappa shape index (κ2) is 7.30. The average molecular weight is 333 g/mol. The molecule has 2 N–H and O–H groups in total. The number of aromatic nitrogens is 3. The first-order valence-corrected chi connectivity index (χ1v) is 8.42. The molecule has 0 aliphatic rings. The summed E-state index contributed by atoms with van der Waals surface area (Å²) in [5, 5.41) is 6.75. The Hall–Kier alpha value is -2.95. The number of anilines is 3. The highest BCUT2D eigenvalue weighted by molar-refractivity contribution is 5.69. The summed E-state index contributed by atoms with van der Waals surface area (Å²) < 4.78 is 0. The molecule has 128 valence electrons. The first-order chi connectivity index (χ1) is 12.0. The number of rotatable bonds is 5. The van der Waals surface area contributed by atoms with Crippen molar-refractivity contribution in [2.45, 2.75) is 33.7 Å². The van der Waals surface area contributed by atoms with E-state index in [4.69, 9.17) is 0 Å². The van der Waals surface area contributed by atoms with Gasteiger partial charge in [-0.05, 0) is 51.0 Å². The highest BCUT2D eigenvalue weighted by Crippen LogP contribution is 2.27. The molecule has 0 aliphatic carbocycles. The van der Waals surface area contributed by atoms with Crippen molar-refractivity contribution in [1.82, 2.24) is 15.0 Å². The van der Waals surface area contributed by atoms with Crippen LogP contribution in [0.4, 0.5) is 17.5 Å². The van der Waals surface area contributed by atoms with Gasteiger partial charge in [0.2, 0.25) is 5.95 Å². The van der Waals surface area contributed by atoms with Crippen molar-refractivity contribution in [2.24, 2.45) is 0 Å². The zero-order valence-electron chi connectivity index (χ0n) is 15.0. The Morgan fingerprint density at radius 3 is 2.24 bits per heavy atom. The van der Waals surface area contributed by atoms with Crippen LogP contribution in [0.15, 0.2) is 48.8 Å². The van der Waals surface area contributed by atoms with E-state index in [0.29, 0.717) is 5.95 Å². The second-order valence-corrected chi connectivity index (χ2v) is 6.39. The van der Waals surface area contributed by atoms with Gasteiger partial charge in [-0.1, -0.05) is 18.2 Å². The van der Waals surface area contributed by atoms with E-state index >= 15 is 0 Å². The predicted molar refractivity (Wildman–Crippen MR) is 103 cm³/mol. The van der Waals surface area contributed by atoms with Gasteiger partial charge in [-0.2, -0.15) is 4.98 Å². The molecule has 0 saturated carbocycles. The van der Waals surface area contributed by atoms with Crippen LogP contribution in [0, 0.1) is 13.8 Å². The molecule has 0 amide bonds. The molecule has 2 heterocycles. The van der Waals surface area contributed by atoms with Crippen LogP contribution >= 0.6 is 0 Å². The number of aryl methyl sites for hydroxylation is 2. The Labute approximate surface area is 148 Å². The fourth-order valence-corrected chi connectivity index (χ4v) is 2.64. The summed E-state index contributed by atoms with van der Waals surface area (Å²) in [5.41, 5.74) is 5.31. The number of benzene rings is 1. The van der Waals surface area contributed by atoms with Gasteiger partial charge in [-0.3, -0.25) is 4.98 Å². The van der Waals surface area contributed by atoms with E-state index in [9.17, 15) is 0 Å². The van der Waals surface area contributed by atoms with Crippen LogP contribution in [-0.2, 0) is 0 Å². The summed E-state index contributed by atoms with van der Waals surface area (Å²) in [6.07, 6.45) is 3.54. The molecule has 0 bridgehead atoms. The van der Waals surface area contributed by atoms with Gasteiger partial charge in [0.15, 0.2) is 0 Å². The van der Waals surface area contributed by atoms with Crippen LogP contribution in [0.2, 0.25) is 0 Å². The number of pyridine rings is 1. The van der Waals surface area contributed by atoms with Crippen molar-refractivity contribution in [3.8, 4) is 11.3 Å². The van der Waals surface area contributed by atoms with Crippen LogP contribution in [0.25, 0.3) is 11.3 Å². The number of nitrogens with one attached hydrogen (secondary N) is 2. The standard InChI is InChI=1S/C20H23N5/c1-13(2)22-20-23-17(16-8-10-21-11-9-16)12-18(25-20)24-19-14(3)6-5-7-15(19)4/h5-13H,1-4H3,(H2,22,23,24,25). The summed E-state index contributed by atoms with van der Waals surface area (Å²) in [5.74, 6) is 1.38. The molecule has 0 aliphatic heterocycles. The summed E-state index contributed by atoms with van der Waals surface area (Å²) in [4.78, 5) is 13.3. The summed E-state index contributed by atoms with van der Waals surface area (Å²) in [7, 11) is 0. The number of hydrogen-bond acceptors (Lipinski definition) is 5. The lowest BCUT2D eigenvalue weighted by Crippen LogP contribution is -2.13. The second-order valence-electron chi connectivity index (χ2n) is 6.39. The van der Waals surface area contributed by atoms with Gasteiger partial charge in [0.25, 0.3) is 0 Å². The van der Waals surface area contributed by atoms with Crippen LogP contribution in [0.3, 0.4) is 0 Å². The number of hydrogen-bond donors (Lipinski definition) is 2. The molecule has 5 nitrogen and oxygen atoms in total. The molecule has 0 saturated heterocycles. The topological polar surface area (TPSA) is 62.7 Å². The Kier molecular flexibility index (Phi) is 4.93. The van der Waals surface area contributed by atoms with E-state index in [1.165, 1.54) is 11.1 Å². The van der Waals surface area contributed by atoms with Gasteiger partial charge in [0.1, 0.15) is 5.82 Å². The van der Waals surface area contributed by atoms with Crippen molar-refractivity contribution in [3.63, 3.8) is 0 Å². The maximum Gasteiger partial charge on any atom is 0.225 e. The zero-order chi connectivity index (χ0) is 17.8. The molecule has 3 rings (SSSR count). The normalized spacial score (nSPS) is 10.8. The molecule has 2 aromatic heterocycles. The fourth-order valence-electron chi connectivity index (χ4n) is 2.64. The minimum atomic E-state index is 0.251. The minimum absolute atomic E-state index is 0.251. The maximum atomic E-state index is 4.64. The maximum absolute atomic E-state index is 4.64. The van der Waals surface area contributed by atoms with Crippen molar-refractivity contribution in [3.05, 3.63) is 59.9 Å². The largest absolute Gasteiger partial charge is 0.352 e. The Balaban J connectivity index is 2.03. The van der Waals surface area contributed by atoms with Crippen molar-refractivity contribution in [1.29, 1.82) is 0 Å². The fraction of sp³-hybridized carbons (Fsp3) is 0.250. The quantitative estimate of drug-likeness (QED) is 0.707. The zero-order valence-corrected chi connectivity index (χ0v) is 15.0.